The van der Waals surface area contributed by atoms with Crippen molar-refractivity contribution in [2.75, 3.05) is 19.6 Å². The summed E-state index contributed by atoms with van der Waals surface area (Å²) in [4.78, 5) is 12.6. The molecule has 1 aliphatic rings. The first-order valence-electron chi connectivity index (χ1n) is 5.80. The van der Waals surface area contributed by atoms with Gasteiger partial charge in [0.15, 0.2) is 0 Å². The molecule has 92 valence electrons. The highest BCUT2D eigenvalue weighted by atomic mass is 16.4. The maximum absolute atomic E-state index is 10.5. The summed E-state index contributed by atoms with van der Waals surface area (Å²) in [5, 5.41) is 18.8. The molecular formula is C12H21NO3. The number of carbonyl (C=O) groups is 1. The second-order valence-corrected chi connectivity index (χ2v) is 4.72. The highest BCUT2D eigenvalue weighted by Crippen LogP contribution is 2.24. The maximum Gasteiger partial charge on any atom is 0.328 e. The van der Waals surface area contributed by atoms with Gasteiger partial charge in [0.25, 0.3) is 0 Å². The number of carboxylic acid groups (broad SMARTS) is 1. The molecule has 1 fully saturated rings. The van der Waals surface area contributed by atoms with Gasteiger partial charge >= 0.3 is 5.97 Å². The third-order valence-corrected chi connectivity index (χ3v) is 3.14. The number of β-amino-alcohol motifs (C(OH)–C–C–N with tert-alkyl or cyclic N) is 1. The second kappa shape index (κ2) is 5.46. The van der Waals surface area contributed by atoms with Crippen LogP contribution < -0.4 is 0 Å². The Balaban J connectivity index is 2.52. The molecule has 1 rings (SSSR count). The molecule has 1 heterocycles. The van der Waals surface area contributed by atoms with E-state index in [0.717, 1.165) is 31.4 Å². The van der Waals surface area contributed by atoms with Gasteiger partial charge in [-0.2, -0.15) is 0 Å². The smallest absolute Gasteiger partial charge is 0.328 e. The lowest BCUT2D eigenvalue weighted by atomic mass is 9.90. The van der Waals surface area contributed by atoms with Crippen LogP contribution in [0.2, 0.25) is 0 Å². The van der Waals surface area contributed by atoms with E-state index in [9.17, 15) is 9.90 Å². The Labute approximate surface area is 96.6 Å². The van der Waals surface area contributed by atoms with E-state index in [1.165, 1.54) is 6.08 Å². The first kappa shape index (κ1) is 13.2. The van der Waals surface area contributed by atoms with Gasteiger partial charge in [0.2, 0.25) is 0 Å². The normalized spacial score (nSPS) is 28.1. The molecule has 16 heavy (non-hydrogen) atoms. The molecule has 4 heteroatoms. The Kier molecular flexibility index (Phi) is 4.50. The van der Waals surface area contributed by atoms with Crippen molar-refractivity contribution < 1.29 is 15.0 Å². The Morgan fingerprint density at radius 3 is 2.81 bits per heavy atom. The van der Waals surface area contributed by atoms with Crippen LogP contribution in [0.5, 0.6) is 0 Å². The molecule has 0 bridgehead atoms. The summed E-state index contributed by atoms with van der Waals surface area (Å²) in [5.74, 6) is -0.903. The third-order valence-electron chi connectivity index (χ3n) is 3.14. The average molecular weight is 227 g/mol. The minimum Gasteiger partial charge on any atom is -0.478 e. The zero-order valence-corrected chi connectivity index (χ0v) is 10.1. The van der Waals surface area contributed by atoms with Gasteiger partial charge in [-0.25, -0.2) is 4.79 Å². The molecular weight excluding hydrogens is 206 g/mol. The average Bonchev–Trinajstić information content (AvgIpc) is 2.16. The van der Waals surface area contributed by atoms with Crippen molar-refractivity contribution in [1.29, 1.82) is 0 Å². The van der Waals surface area contributed by atoms with E-state index in [1.807, 2.05) is 13.8 Å². The van der Waals surface area contributed by atoms with Gasteiger partial charge in [0.05, 0.1) is 5.60 Å². The fourth-order valence-corrected chi connectivity index (χ4v) is 2.24. The predicted octanol–water partition coefficient (Wildman–Crippen LogP) is 1.25. The van der Waals surface area contributed by atoms with Gasteiger partial charge in [0, 0.05) is 19.2 Å². The van der Waals surface area contributed by atoms with Gasteiger partial charge in [-0.05, 0) is 32.7 Å². The first-order chi connectivity index (χ1) is 7.45. The van der Waals surface area contributed by atoms with Crippen LogP contribution in [0, 0.1) is 0 Å². The third kappa shape index (κ3) is 3.94. The molecule has 0 aromatic rings. The number of aliphatic carboxylic acids is 1. The molecule has 4 nitrogen and oxygen atoms in total. The molecule has 1 saturated heterocycles. The molecule has 0 radical (unpaired) electrons. The van der Waals surface area contributed by atoms with Crippen LogP contribution >= 0.6 is 0 Å². The largest absolute Gasteiger partial charge is 0.478 e. The van der Waals surface area contributed by atoms with Gasteiger partial charge < -0.3 is 10.2 Å². The number of hydrogen-bond acceptors (Lipinski definition) is 3. The minimum absolute atomic E-state index is 0.582. The number of hydrogen-bond donors (Lipinski definition) is 2. The predicted molar refractivity (Wildman–Crippen MR) is 62.3 cm³/mol. The Morgan fingerprint density at radius 2 is 2.25 bits per heavy atom. The highest BCUT2D eigenvalue weighted by molar-refractivity contribution is 5.80. The molecule has 0 amide bonds. The molecule has 2 N–H and O–H groups in total. The second-order valence-electron chi connectivity index (χ2n) is 4.72. The van der Waals surface area contributed by atoms with Gasteiger partial charge in [-0.15, -0.1) is 0 Å². The van der Waals surface area contributed by atoms with Crippen molar-refractivity contribution >= 4 is 5.97 Å². The summed E-state index contributed by atoms with van der Waals surface area (Å²) in [6.07, 6.45) is 3.82. The lowest BCUT2D eigenvalue weighted by Gasteiger charge is -2.38. The summed E-state index contributed by atoms with van der Waals surface area (Å²) >= 11 is 0. The van der Waals surface area contributed by atoms with Crippen molar-refractivity contribution in [2.24, 2.45) is 0 Å². The number of rotatable bonds is 4. The van der Waals surface area contributed by atoms with E-state index in [-0.39, 0.29) is 0 Å². The molecule has 0 aliphatic carbocycles. The SMILES string of the molecule is CCC1(O)CCCN(CC(C)=CC(=O)O)C1. The fourth-order valence-electron chi connectivity index (χ4n) is 2.24. The summed E-state index contributed by atoms with van der Waals surface area (Å²) in [5.41, 5.74) is 0.245. The number of aliphatic hydroxyl groups is 1. The summed E-state index contributed by atoms with van der Waals surface area (Å²) in [6, 6.07) is 0. The van der Waals surface area contributed by atoms with Crippen LogP contribution in [0.3, 0.4) is 0 Å². The van der Waals surface area contributed by atoms with E-state index in [0.29, 0.717) is 13.1 Å². The molecule has 1 unspecified atom stereocenters. The van der Waals surface area contributed by atoms with Crippen molar-refractivity contribution in [3.8, 4) is 0 Å². The fraction of sp³-hybridized carbons (Fsp3) is 0.750. The van der Waals surface area contributed by atoms with E-state index in [4.69, 9.17) is 5.11 Å². The quantitative estimate of drug-likeness (QED) is 0.710. The first-order valence-corrected chi connectivity index (χ1v) is 5.80. The van der Waals surface area contributed by atoms with E-state index >= 15 is 0 Å². The molecule has 0 aromatic heterocycles. The van der Waals surface area contributed by atoms with Crippen LogP contribution in [0.4, 0.5) is 0 Å². The monoisotopic (exact) mass is 227 g/mol. The number of likely N-dealkylation sites (tertiary alicyclic amines) is 1. The molecule has 1 atom stereocenters. The highest BCUT2D eigenvalue weighted by Gasteiger charge is 2.31. The Hall–Kier alpha value is -0.870. The van der Waals surface area contributed by atoms with E-state index in [1.54, 1.807) is 0 Å². The molecule has 0 saturated carbocycles. The van der Waals surface area contributed by atoms with Crippen molar-refractivity contribution in [2.45, 2.75) is 38.7 Å². The molecule has 1 aliphatic heterocycles. The van der Waals surface area contributed by atoms with Crippen molar-refractivity contribution in [3.05, 3.63) is 11.6 Å². The number of nitrogens with zero attached hydrogens (tertiary/aromatic N) is 1. The van der Waals surface area contributed by atoms with Crippen LogP contribution in [0.15, 0.2) is 11.6 Å². The summed E-state index contributed by atoms with van der Waals surface area (Å²) < 4.78 is 0. The van der Waals surface area contributed by atoms with Crippen molar-refractivity contribution in [1.82, 2.24) is 4.90 Å². The zero-order chi connectivity index (χ0) is 12.2. The number of carboxylic acids is 1. The van der Waals surface area contributed by atoms with Crippen molar-refractivity contribution in [3.63, 3.8) is 0 Å². The lowest BCUT2D eigenvalue weighted by Crippen LogP contribution is -2.48. The summed E-state index contributed by atoms with van der Waals surface area (Å²) in [6.45, 7) is 6.02. The topological polar surface area (TPSA) is 60.8 Å². The van der Waals surface area contributed by atoms with E-state index in [2.05, 4.69) is 4.90 Å². The zero-order valence-electron chi connectivity index (χ0n) is 10.1. The van der Waals surface area contributed by atoms with Crippen LogP contribution in [-0.2, 0) is 4.79 Å². The Morgan fingerprint density at radius 1 is 1.56 bits per heavy atom. The standard InChI is InChI=1S/C12H21NO3/c1-3-12(16)5-4-6-13(9-12)8-10(2)7-11(14)15/h7,16H,3-6,8-9H2,1-2H3,(H,14,15). The minimum atomic E-state index is -0.903. The van der Waals surface area contributed by atoms with Gasteiger partial charge in [0.1, 0.15) is 0 Å². The van der Waals surface area contributed by atoms with E-state index < -0.39 is 11.6 Å². The number of piperidine rings is 1. The van der Waals surface area contributed by atoms with Gasteiger partial charge in [-0.1, -0.05) is 12.5 Å². The molecule has 0 spiro atoms. The van der Waals surface area contributed by atoms with Crippen LogP contribution in [0.1, 0.15) is 33.1 Å². The molecule has 0 aromatic carbocycles. The van der Waals surface area contributed by atoms with Gasteiger partial charge in [-0.3, -0.25) is 4.90 Å². The Bertz CT molecular complexity index is 288. The van der Waals surface area contributed by atoms with Crippen LogP contribution in [0.25, 0.3) is 0 Å². The maximum atomic E-state index is 10.5. The van der Waals surface area contributed by atoms with Crippen LogP contribution in [-0.4, -0.2) is 46.3 Å². The lowest BCUT2D eigenvalue weighted by molar-refractivity contribution is -0.131. The summed E-state index contributed by atoms with van der Waals surface area (Å²) in [7, 11) is 0.